The van der Waals surface area contributed by atoms with Crippen molar-refractivity contribution >= 4 is 43.4 Å². The van der Waals surface area contributed by atoms with E-state index in [-0.39, 0.29) is 27.4 Å². The Morgan fingerprint density at radius 2 is 1.89 bits per heavy atom. The first kappa shape index (κ1) is 19.7. The third kappa shape index (κ3) is 4.28. The zero-order valence-electron chi connectivity index (χ0n) is 13.3. The van der Waals surface area contributed by atoms with Gasteiger partial charge in [-0.15, -0.1) is 0 Å². The third-order valence-electron chi connectivity index (χ3n) is 3.51. The fourth-order valence-electron chi connectivity index (χ4n) is 2.26. The quantitative estimate of drug-likeness (QED) is 0.582. The molecule has 1 N–H and O–H groups in total. The van der Waals surface area contributed by atoms with Crippen molar-refractivity contribution in [3.05, 3.63) is 75.1 Å². The summed E-state index contributed by atoms with van der Waals surface area (Å²) in [6.45, 7) is -0.0693. The van der Waals surface area contributed by atoms with Crippen LogP contribution in [0.4, 0.5) is 19.0 Å². The van der Waals surface area contributed by atoms with Crippen LogP contribution in [0, 0.1) is 17.5 Å². The van der Waals surface area contributed by atoms with Crippen LogP contribution in [0.1, 0.15) is 5.56 Å². The summed E-state index contributed by atoms with van der Waals surface area (Å²) in [7, 11) is -4.44. The number of nitrogens with one attached hydrogen (secondary N) is 1. The average Bonchev–Trinajstić information content (AvgIpc) is 2.92. The van der Waals surface area contributed by atoms with Gasteiger partial charge in [0.05, 0.1) is 11.0 Å². The number of hydrogen-bond acceptors (Lipinski definition) is 3. The van der Waals surface area contributed by atoms with E-state index in [1.165, 1.54) is 29.1 Å². The molecule has 0 aliphatic rings. The van der Waals surface area contributed by atoms with Crippen LogP contribution in [0.3, 0.4) is 0 Å². The van der Waals surface area contributed by atoms with Gasteiger partial charge in [-0.25, -0.2) is 21.6 Å². The predicted octanol–water partition coefficient (Wildman–Crippen LogP) is 4.57. The van der Waals surface area contributed by atoms with Crippen LogP contribution in [0.25, 0.3) is 0 Å². The zero-order chi connectivity index (χ0) is 19.8. The predicted molar refractivity (Wildman–Crippen MR) is 97.6 cm³/mol. The highest BCUT2D eigenvalue weighted by Gasteiger charge is 2.23. The van der Waals surface area contributed by atoms with E-state index in [1.54, 1.807) is 0 Å². The molecule has 1 heterocycles. The van der Waals surface area contributed by atoms with Gasteiger partial charge in [0.2, 0.25) is 0 Å². The number of hydrogen-bond donors (Lipinski definition) is 1. The molecule has 0 amide bonds. The Morgan fingerprint density at radius 1 is 1.15 bits per heavy atom. The van der Waals surface area contributed by atoms with Crippen molar-refractivity contribution in [1.29, 1.82) is 0 Å². The number of nitrogens with zero attached hydrogens (tertiary/aromatic N) is 2. The summed E-state index contributed by atoms with van der Waals surface area (Å²) >= 11 is 9.08. The molecule has 3 aromatic rings. The lowest BCUT2D eigenvalue weighted by atomic mass is 10.2. The molecule has 0 atom stereocenters. The Bertz CT molecular complexity index is 1100. The van der Waals surface area contributed by atoms with Crippen LogP contribution in [-0.4, -0.2) is 18.2 Å². The van der Waals surface area contributed by atoms with Gasteiger partial charge < -0.3 is 0 Å². The molecule has 0 aliphatic heterocycles. The Balaban J connectivity index is 1.90. The molecule has 27 heavy (non-hydrogen) atoms. The lowest BCUT2D eigenvalue weighted by Gasteiger charge is -2.08. The van der Waals surface area contributed by atoms with Crippen molar-refractivity contribution in [2.75, 3.05) is 4.72 Å². The highest BCUT2D eigenvalue weighted by molar-refractivity contribution is 9.10. The molecule has 0 radical (unpaired) electrons. The maximum absolute atomic E-state index is 13.9. The van der Waals surface area contributed by atoms with E-state index in [1.807, 2.05) is 0 Å². The van der Waals surface area contributed by atoms with E-state index in [9.17, 15) is 21.6 Å². The molecule has 0 saturated carbocycles. The van der Waals surface area contributed by atoms with Gasteiger partial charge >= 0.3 is 0 Å². The van der Waals surface area contributed by atoms with Crippen LogP contribution in [0.15, 0.2) is 52.0 Å². The lowest BCUT2D eigenvalue weighted by Crippen LogP contribution is -2.16. The van der Waals surface area contributed by atoms with E-state index in [2.05, 4.69) is 25.8 Å². The van der Waals surface area contributed by atoms with Gasteiger partial charge in [-0.05, 0) is 46.3 Å². The van der Waals surface area contributed by atoms with Gasteiger partial charge in [0.25, 0.3) is 10.0 Å². The standard InChI is InChI=1S/C16H10BrClF3N3O2S/c17-11-8-24(7-10-12(18)2-1-3-13(10)20)22-16(11)23-27(25,26)15-6-9(19)4-5-14(15)21/h1-6,8H,7H2,(H,22,23). The van der Waals surface area contributed by atoms with E-state index < -0.39 is 32.4 Å². The number of sulfonamides is 1. The topological polar surface area (TPSA) is 64.0 Å². The largest absolute Gasteiger partial charge is 0.266 e. The van der Waals surface area contributed by atoms with Crippen LogP contribution < -0.4 is 4.72 Å². The SMILES string of the molecule is O=S(=O)(Nc1nn(Cc2c(F)cccc2Cl)cc1Br)c1cc(F)ccc1F. The van der Waals surface area contributed by atoms with Crippen LogP contribution in [0.2, 0.25) is 5.02 Å². The van der Waals surface area contributed by atoms with E-state index in [0.29, 0.717) is 12.1 Å². The van der Waals surface area contributed by atoms with Crippen molar-refractivity contribution in [2.24, 2.45) is 0 Å². The summed E-state index contributed by atoms with van der Waals surface area (Å²) < 4.78 is 69.1. The molecule has 1 aromatic heterocycles. The van der Waals surface area contributed by atoms with Gasteiger partial charge in [-0.3, -0.25) is 9.40 Å². The highest BCUT2D eigenvalue weighted by Crippen LogP contribution is 2.26. The maximum atomic E-state index is 13.9. The average molecular weight is 481 g/mol. The number of aromatic nitrogens is 2. The molecule has 5 nitrogen and oxygen atoms in total. The minimum Gasteiger partial charge on any atom is -0.265 e. The van der Waals surface area contributed by atoms with Crippen molar-refractivity contribution < 1.29 is 21.6 Å². The Kier molecular flexibility index (Phi) is 5.50. The van der Waals surface area contributed by atoms with Crippen molar-refractivity contribution in [1.82, 2.24) is 9.78 Å². The smallest absolute Gasteiger partial charge is 0.265 e. The van der Waals surface area contributed by atoms with E-state index in [4.69, 9.17) is 11.6 Å². The molecule has 0 saturated heterocycles. The number of anilines is 1. The molecule has 142 valence electrons. The molecular formula is C16H10BrClF3N3O2S. The summed E-state index contributed by atoms with van der Waals surface area (Å²) in [4.78, 5) is -0.860. The van der Waals surface area contributed by atoms with Crippen LogP contribution in [0.5, 0.6) is 0 Å². The van der Waals surface area contributed by atoms with Gasteiger partial charge in [-0.1, -0.05) is 17.7 Å². The Hall–Kier alpha value is -2.04. The van der Waals surface area contributed by atoms with Crippen molar-refractivity contribution in [3.8, 4) is 0 Å². The summed E-state index contributed by atoms with van der Waals surface area (Å²) in [6, 6.07) is 6.26. The number of rotatable bonds is 5. The van der Waals surface area contributed by atoms with Crippen molar-refractivity contribution in [2.45, 2.75) is 11.4 Å². The molecular weight excluding hydrogens is 471 g/mol. The minimum absolute atomic E-state index is 0.0693. The molecule has 2 aromatic carbocycles. The second-order valence-electron chi connectivity index (χ2n) is 5.40. The molecule has 0 spiro atoms. The van der Waals surface area contributed by atoms with E-state index in [0.717, 1.165) is 6.07 Å². The second kappa shape index (κ2) is 7.53. The Morgan fingerprint density at radius 3 is 2.59 bits per heavy atom. The molecule has 0 fully saturated rings. The van der Waals surface area contributed by atoms with Gasteiger partial charge in [0.15, 0.2) is 5.82 Å². The number of benzene rings is 2. The normalized spacial score (nSPS) is 11.6. The highest BCUT2D eigenvalue weighted by atomic mass is 79.9. The van der Waals surface area contributed by atoms with Crippen molar-refractivity contribution in [3.63, 3.8) is 0 Å². The first-order valence-corrected chi connectivity index (χ1v) is 9.96. The Labute approximate surface area is 165 Å². The van der Waals surface area contributed by atoms with Crippen LogP contribution in [-0.2, 0) is 16.6 Å². The molecule has 0 aliphatic carbocycles. The minimum atomic E-state index is -4.44. The summed E-state index contributed by atoms with van der Waals surface area (Å²) in [6.07, 6.45) is 1.39. The fraction of sp³-hybridized carbons (Fsp3) is 0.0625. The fourth-order valence-corrected chi connectivity index (χ4v) is 4.13. The third-order valence-corrected chi connectivity index (χ3v) is 5.80. The van der Waals surface area contributed by atoms with Gasteiger partial charge in [0, 0.05) is 16.8 Å². The summed E-state index contributed by atoms with van der Waals surface area (Å²) in [5.74, 6) is -2.74. The van der Waals surface area contributed by atoms with Gasteiger partial charge in [-0.2, -0.15) is 5.10 Å². The monoisotopic (exact) mass is 479 g/mol. The molecule has 0 bridgehead atoms. The summed E-state index contributed by atoms with van der Waals surface area (Å²) in [5, 5.41) is 4.17. The van der Waals surface area contributed by atoms with E-state index >= 15 is 0 Å². The molecule has 11 heteroatoms. The first-order valence-electron chi connectivity index (χ1n) is 7.31. The van der Waals surface area contributed by atoms with Gasteiger partial charge in [0.1, 0.15) is 22.3 Å². The lowest BCUT2D eigenvalue weighted by molar-refractivity contribution is 0.555. The second-order valence-corrected chi connectivity index (χ2v) is 8.32. The van der Waals surface area contributed by atoms with Crippen LogP contribution >= 0.6 is 27.5 Å². The first-order chi connectivity index (χ1) is 12.7. The zero-order valence-corrected chi connectivity index (χ0v) is 16.4. The molecule has 3 rings (SSSR count). The molecule has 0 unspecified atom stereocenters. The summed E-state index contributed by atoms with van der Waals surface area (Å²) in [5.41, 5.74) is 0.166. The number of halogens is 5. The maximum Gasteiger partial charge on any atom is 0.266 e.